The van der Waals surface area contributed by atoms with E-state index in [4.69, 9.17) is 9.47 Å². The summed E-state index contributed by atoms with van der Waals surface area (Å²) >= 11 is 0. The number of hydrogen-bond donors (Lipinski definition) is 2. The van der Waals surface area contributed by atoms with Gasteiger partial charge in [-0.05, 0) is 25.8 Å². The predicted molar refractivity (Wildman–Crippen MR) is 122 cm³/mol. The number of guanidine groups is 1. The quantitative estimate of drug-likeness (QED) is 0.323. The highest BCUT2D eigenvalue weighted by molar-refractivity contribution is 14.0. The first-order valence-corrected chi connectivity index (χ1v) is 9.47. The number of nitrogens with zero attached hydrogens (tertiary/aromatic N) is 2. The number of aliphatic imine (C=N–C) groups is 1. The molecule has 0 radical (unpaired) electrons. The molecule has 1 aliphatic rings. The van der Waals surface area contributed by atoms with Gasteiger partial charge in [0.2, 0.25) is 5.91 Å². The molecule has 1 aromatic rings. The minimum absolute atomic E-state index is 0. The van der Waals surface area contributed by atoms with E-state index in [1.165, 1.54) is 4.90 Å². The Hall–Kier alpha value is -1.39. The van der Waals surface area contributed by atoms with Crippen molar-refractivity contribution in [2.45, 2.75) is 38.5 Å². The first-order chi connectivity index (χ1) is 13.0. The minimum Gasteiger partial charge on any atom is -0.379 e. The molecule has 0 saturated carbocycles. The summed E-state index contributed by atoms with van der Waals surface area (Å²) in [5.74, 6) is 0.552. The Kier molecular flexibility index (Phi) is 11.4. The molecule has 3 unspecified atom stereocenters. The third kappa shape index (κ3) is 8.74. The van der Waals surface area contributed by atoms with Crippen LogP contribution in [0.5, 0.6) is 0 Å². The Morgan fingerprint density at radius 1 is 1.29 bits per heavy atom. The Morgan fingerprint density at radius 3 is 2.61 bits per heavy atom. The standard InChI is InChI=1S/C20H32N4O3.HI/c1-15(13-27-18-10-11-26-14-18)22-20(21-12-19(25)24(3)4)23-16(2)17-8-6-5-7-9-17;/h5-9,15-16,18H,10-14H2,1-4H3,(H2,21,22,23);1H. The number of hydrogen-bond acceptors (Lipinski definition) is 4. The van der Waals surface area contributed by atoms with E-state index in [1.54, 1.807) is 14.1 Å². The summed E-state index contributed by atoms with van der Waals surface area (Å²) in [7, 11) is 3.45. The molecule has 2 rings (SSSR count). The summed E-state index contributed by atoms with van der Waals surface area (Å²) in [6, 6.07) is 10.2. The van der Waals surface area contributed by atoms with Crippen LogP contribution in [0.1, 0.15) is 31.9 Å². The number of amides is 1. The molecule has 28 heavy (non-hydrogen) atoms. The lowest BCUT2D eigenvalue weighted by Gasteiger charge is -2.23. The number of rotatable bonds is 8. The minimum atomic E-state index is -0.0459. The molecule has 0 spiro atoms. The van der Waals surface area contributed by atoms with Gasteiger partial charge in [-0.25, -0.2) is 4.99 Å². The first kappa shape index (κ1) is 24.6. The first-order valence-electron chi connectivity index (χ1n) is 9.47. The third-order valence-electron chi connectivity index (χ3n) is 4.38. The Balaban J connectivity index is 0.00000392. The molecule has 1 aliphatic heterocycles. The fraction of sp³-hybridized carbons (Fsp3) is 0.600. The van der Waals surface area contributed by atoms with Crippen LogP contribution in [-0.4, -0.2) is 69.4 Å². The van der Waals surface area contributed by atoms with Crippen LogP contribution in [0.15, 0.2) is 35.3 Å². The topological polar surface area (TPSA) is 75.2 Å². The second-order valence-corrected chi connectivity index (χ2v) is 7.09. The summed E-state index contributed by atoms with van der Waals surface area (Å²) in [6.45, 7) is 6.17. The Bertz CT molecular complexity index is 607. The molecule has 1 aromatic carbocycles. The summed E-state index contributed by atoms with van der Waals surface area (Å²) in [5.41, 5.74) is 1.15. The summed E-state index contributed by atoms with van der Waals surface area (Å²) in [6.07, 6.45) is 1.11. The number of nitrogens with one attached hydrogen (secondary N) is 2. The van der Waals surface area contributed by atoms with Crippen LogP contribution in [0.3, 0.4) is 0 Å². The number of benzene rings is 1. The normalized spacial score (nSPS) is 18.7. The van der Waals surface area contributed by atoms with Gasteiger partial charge < -0.3 is 25.0 Å². The molecule has 0 aromatic heterocycles. The lowest BCUT2D eigenvalue weighted by molar-refractivity contribution is -0.127. The van der Waals surface area contributed by atoms with Gasteiger partial charge >= 0.3 is 0 Å². The SMILES string of the molecule is CC(COC1CCOC1)NC(=NCC(=O)N(C)C)NC(C)c1ccccc1.I. The largest absolute Gasteiger partial charge is 0.379 e. The van der Waals surface area contributed by atoms with E-state index in [0.717, 1.165) is 18.6 Å². The van der Waals surface area contributed by atoms with Crippen LogP contribution in [0.4, 0.5) is 0 Å². The maximum atomic E-state index is 11.9. The predicted octanol–water partition coefficient (Wildman–Crippen LogP) is 2.18. The molecule has 1 fully saturated rings. The van der Waals surface area contributed by atoms with Crippen molar-refractivity contribution in [3.63, 3.8) is 0 Å². The zero-order valence-corrected chi connectivity index (χ0v) is 19.5. The van der Waals surface area contributed by atoms with Gasteiger partial charge in [0.1, 0.15) is 6.54 Å². The molecule has 1 amide bonds. The molecule has 158 valence electrons. The van der Waals surface area contributed by atoms with Crippen molar-refractivity contribution in [2.24, 2.45) is 4.99 Å². The second kappa shape index (κ2) is 12.9. The van der Waals surface area contributed by atoms with Crippen molar-refractivity contribution in [1.29, 1.82) is 0 Å². The van der Waals surface area contributed by atoms with Gasteiger partial charge in [-0.15, -0.1) is 24.0 Å². The molecular formula is C20H33IN4O3. The lowest BCUT2D eigenvalue weighted by atomic mass is 10.1. The van der Waals surface area contributed by atoms with Crippen molar-refractivity contribution in [3.8, 4) is 0 Å². The summed E-state index contributed by atoms with van der Waals surface area (Å²) in [5, 5.41) is 6.71. The highest BCUT2D eigenvalue weighted by Crippen LogP contribution is 2.11. The van der Waals surface area contributed by atoms with Gasteiger partial charge in [0.05, 0.1) is 25.4 Å². The second-order valence-electron chi connectivity index (χ2n) is 7.09. The van der Waals surface area contributed by atoms with Crippen LogP contribution in [0.25, 0.3) is 0 Å². The van der Waals surface area contributed by atoms with E-state index >= 15 is 0 Å². The Labute approximate surface area is 185 Å². The van der Waals surface area contributed by atoms with Crippen LogP contribution >= 0.6 is 24.0 Å². The zero-order chi connectivity index (χ0) is 19.6. The molecule has 3 atom stereocenters. The highest BCUT2D eigenvalue weighted by Gasteiger charge is 2.18. The molecule has 0 bridgehead atoms. The van der Waals surface area contributed by atoms with Crippen LogP contribution in [0.2, 0.25) is 0 Å². The summed E-state index contributed by atoms with van der Waals surface area (Å²) in [4.78, 5) is 17.9. The van der Waals surface area contributed by atoms with Crippen molar-refractivity contribution < 1.29 is 14.3 Å². The number of ether oxygens (including phenoxy) is 2. The average molecular weight is 504 g/mol. The number of carbonyl (C=O) groups excluding carboxylic acids is 1. The van der Waals surface area contributed by atoms with Gasteiger partial charge in [-0.1, -0.05) is 30.3 Å². The van der Waals surface area contributed by atoms with Crippen LogP contribution in [-0.2, 0) is 14.3 Å². The molecule has 8 heteroatoms. The van der Waals surface area contributed by atoms with Crippen molar-refractivity contribution in [2.75, 3.05) is 40.5 Å². The molecule has 0 aliphatic carbocycles. The number of likely N-dealkylation sites (N-methyl/N-ethyl adjacent to an activating group) is 1. The monoisotopic (exact) mass is 504 g/mol. The van der Waals surface area contributed by atoms with E-state index < -0.39 is 0 Å². The number of carbonyl (C=O) groups is 1. The van der Waals surface area contributed by atoms with Crippen LogP contribution in [0, 0.1) is 0 Å². The van der Waals surface area contributed by atoms with Gasteiger partial charge in [-0.3, -0.25) is 4.79 Å². The Morgan fingerprint density at radius 2 is 2.00 bits per heavy atom. The van der Waals surface area contributed by atoms with Gasteiger partial charge in [0.25, 0.3) is 0 Å². The van der Waals surface area contributed by atoms with Crippen molar-refractivity contribution in [3.05, 3.63) is 35.9 Å². The average Bonchev–Trinajstić information content (AvgIpc) is 3.18. The highest BCUT2D eigenvalue weighted by atomic mass is 127. The molecule has 1 saturated heterocycles. The maximum absolute atomic E-state index is 11.9. The molecular weight excluding hydrogens is 471 g/mol. The maximum Gasteiger partial charge on any atom is 0.243 e. The molecule has 1 heterocycles. The number of halogens is 1. The smallest absolute Gasteiger partial charge is 0.243 e. The van der Waals surface area contributed by atoms with Gasteiger partial charge in [0, 0.05) is 26.7 Å². The van der Waals surface area contributed by atoms with Crippen molar-refractivity contribution in [1.82, 2.24) is 15.5 Å². The van der Waals surface area contributed by atoms with Gasteiger partial charge in [-0.2, -0.15) is 0 Å². The lowest BCUT2D eigenvalue weighted by Crippen LogP contribution is -2.45. The zero-order valence-electron chi connectivity index (χ0n) is 17.2. The van der Waals surface area contributed by atoms with E-state index in [-0.39, 0.29) is 54.6 Å². The summed E-state index contributed by atoms with van der Waals surface area (Å²) < 4.78 is 11.2. The van der Waals surface area contributed by atoms with E-state index in [2.05, 4.69) is 34.7 Å². The van der Waals surface area contributed by atoms with E-state index in [9.17, 15) is 4.79 Å². The molecule has 7 nitrogen and oxygen atoms in total. The van der Waals surface area contributed by atoms with Crippen molar-refractivity contribution >= 4 is 35.8 Å². The molecule has 2 N–H and O–H groups in total. The van der Waals surface area contributed by atoms with E-state index in [1.807, 2.05) is 25.1 Å². The fourth-order valence-electron chi connectivity index (χ4n) is 2.65. The van der Waals surface area contributed by atoms with Gasteiger partial charge in [0.15, 0.2) is 5.96 Å². The van der Waals surface area contributed by atoms with Crippen LogP contribution < -0.4 is 10.6 Å². The fourth-order valence-corrected chi connectivity index (χ4v) is 2.65. The van der Waals surface area contributed by atoms with E-state index in [0.29, 0.717) is 19.2 Å². The third-order valence-corrected chi connectivity index (χ3v) is 4.38.